The van der Waals surface area contributed by atoms with Crippen LogP contribution in [0.15, 0.2) is 48.5 Å². The molecule has 25 heavy (non-hydrogen) atoms. The second kappa shape index (κ2) is 7.14. The molecule has 0 spiro atoms. The summed E-state index contributed by atoms with van der Waals surface area (Å²) >= 11 is 0. The Hall–Kier alpha value is -3.20. The van der Waals surface area contributed by atoms with Crippen molar-refractivity contribution < 1.29 is 14.0 Å². The molecule has 0 saturated carbocycles. The first kappa shape index (κ1) is 16.7. The Kier molecular flexibility index (Phi) is 4.75. The standard InChI is InChI=1S/C19H16FN3O2/c20-15-6-1-2-7-17(15)23-11-9-16(19(23)25)22-18(24)14-5-3-4-13(12-14)8-10-21/h1-7,12,16H,8-9,11H2,(H,22,24)/t16-/m1/s1. The van der Waals surface area contributed by atoms with Crippen LogP contribution in [0, 0.1) is 17.1 Å². The molecule has 126 valence electrons. The monoisotopic (exact) mass is 337 g/mol. The molecular formula is C19H16FN3O2. The quantitative estimate of drug-likeness (QED) is 0.931. The number of amides is 2. The summed E-state index contributed by atoms with van der Waals surface area (Å²) in [6.07, 6.45) is 0.626. The van der Waals surface area contributed by atoms with Gasteiger partial charge in [-0.05, 0) is 36.2 Å². The van der Waals surface area contributed by atoms with Crippen LogP contribution < -0.4 is 10.2 Å². The predicted molar refractivity (Wildman–Crippen MR) is 90.4 cm³/mol. The van der Waals surface area contributed by atoms with Gasteiger partial charge in [0.05, 0.1) is 18.2 Å². The zero-order valence-corrected chi connectivity index (χ0v) is 13.4. The van der Waals surface area contributed by atoms with Crippen LogP contribution in [0.5, 0.6) is 0 Å². The molecule has 2 aromatic carbocycles. The first-order valence-corrected chi connectivity index (χ1v) is 7.93. The van der Waals surface area contributed by atoms with Gasteiger partial charge < -0.3 is 10.2 Å². The number of nitrogens with one attached hydrogen (secondary N) is 1. The highest BCUT2D eigenvalue weighted by Crippen LogP contribution is 2.24. The molecule has 5 nitrogen and oxygen atoms in total. The summed E-state index contributed by atoms with van der Waals surface area (Å²) in [5.74, 6) is -1.17. The van der Waals surface area contributed by atoms with E-state index < -0.39 is 11.9 Å². The van der Waals surface area contributed by atoms with Gasteiger partial charge in [-0.1, -0.05) is 24.3 Å². The van der Waals surface area contributed by atoms with Gasteiger partial charge >= 0.3 is 0 Å². The van der Waals surface area contributed by atoms with Crippen molar-refractivity contribution in [2.24, 2.45) is 0 Å². The maximum absolute atomic E-state index is 13.9. The molecule has 0 bridgehead atoms. The van der Waals surface area contributed by atoms with Gasteiger partial charge in [0.2, 0.25) is 5.91 Å². The molecular weight excluding hydrogens is 321 g/mol. The number of nitriles is 1. The van der Waals surface area contributed by atoms with Crippen LogP contribution in [0.3, 0.4) is 0 Å². The minimum atomic E-state index is -0.688. The molecule has 1 atom stereocenters. The van der Waals surface area contributed by atoms with E-state index in [0.29, 0.717) is 18.5 Å². The molecule has 3 rings (SSSR count). The smallest absolute Gasteiger partial charge is 0.251 e. The third-order valence-electron chi connectivity index (χ3n) is 4.13. The van der Waals surface area contributed by atoms with Crippen molar-refractivity contribution in [1.82, 2.24) is 5.32 Å². The molecule has 6 heteroatoms. The molecule has 0 aromatic heterocycles. The first-order valence-electron chi connectivity index (χ1n) is 7.93. The van der Waals surface area contributed by atoms with Crippen molar-refractivity contribution in [2.75, 3.05) is 11.4 Å². The Labute approximate surface area is 144 Å². The van der Waals surface area contributed by atoms with E-state index in [1.54, 1.807) is 42.5 Å². The third kappa shape index (κ3) is 3.50. The minimum Gasteiger partial charge on any atom is -0.340 e. The van der Waals surface area contributed by atoms with Crippen LogP contribution in [0.25, 0.3) is 0 Å². The van der Waals surface area contributed by atoms with Gasteiger partial charge in [0, 0.05) is 12.1 Å². The minimum absolute atomic E-state index is 0.213. The molecule has 2 amide bonds. The number of carbonyl (C=O) groups is 2. The fraction of sp³-hybridized carbons (Fsp3) is 0.211. The fourth-order valence-corrected chi connectivity index (χ4v) is 2.88. The normalized spacial score (nSPS) is 16.6. The molecule has 2 aromatic rings. The molecule has 0 unspecified atom stereocenters. The number of benzene rings is 2. The lowest BCUT2D eigenvalue weighted by atomic mass is 10.1. The first-order chi connectivity index (χ1) is 12.1. The van der Waals surface area contributed by atoms with E-state index in [1.807, 2.05) is 6.07 Å². The summed E-state index contributed by atoms with van der Waals surface area (Å²) in [5, 5.41) is 11.4. The van der Waals surface area contributed by atoms with Crippen LogP contribution in [-0.4, -0.2) is 24.4 Å². The number of carbonyl (C=O) groups excluding carboxylic acids is 2. The Balaban J connectivity index is 1.71. The van der Waals surface area contributed by atoms with Crippen LogP contribution in [0.1, 0.15) is 22.3 Å². The zero-order valence-electron chi connectivity index (χ0n) is 13.4. The molecule has 1 aliphatic rings. The van der Waals surface area contributed by atoms with Crippen LogP contribution in [-0.2, 0) is 11.2 Å². The van der Waals surface area contributed by atoms with E-state index in [9.17, 15) is 14.0 Å². The summed E-state index contributed by atoms with van der Waals surface area (Å²) in [6.45, 7) is 0.346. The molecule has 1 saturated heterocycles. The summed E-state index contributed by atoms with van der Waals surface area (Å²) < 4.78 is 13.9. The molecule has 1 fully saturated rings. The van der Waals surface area contributed by atoms with Gasteiger partial charge in [-0.3, -0.25) is 9.59 Å². The fourth-order valence-electron chi connectivity index (χ4n) is 2.88. The average molecular weight is 337 g/mol. The van der Waals surface area contributed by atoms with Gasteiger partial charge in [-0.15, -0.1) is 0 Å². The molecule has 1 aliphatic heterocycles. The van der Waals surface area contributed by atoms with E-state index in [0.717, 1.165) is 5.56 Å². The number of nitrogens with zero attached hydrogens (tertiary/aromatic N) is 2. The van der Waals surface area contributed by atoms with Gasteiger partial charge in [0.25, 0.3) is 5.91 Å². The number of para-hydroxylation sites is 1. The number of hydrogen-bond acceptors (Lipinski definition) is 3. The Morgan fingerprint density at radius 1 is 1.28 bits per heavy atom. The SMILES string of the molecule is N#CCc1cccc(C(=O)N[C@@H]2CCN(c3ccccc3F)C2=O)c1. The lowest BCUT2D eigenvalue weighted by Gasteiger charge is -2.18. The molecule has 0 aliphatic carbocycles. The Bertz CT molecular complexity index is 860. The number of hydrogen-bond donors (Lipinski definition) is 1. The zero-order chi connectivity index (χ0) is 17.8. The largest absolute Gasteiger partial charge is 0.340 e. The lowest BCUT2D eigenvalue weighted by molar-refractivity contribution is -0.118. The van der Waals surface area contributed by atoms with E-state index in [4.69, 9.17) is 5.26 Å². The van der Waals surface area contributed by atoms with Crippen molar-refractivity contribution in [3.05, 3.63) is 65.5 Å². The van der Waals surface area contributed by atoms with Gasteiger partial charge in [-0.2, -0.15) is 5.26 Å². The van der Waals surface area contributed by atoms with E-state index >= 15 is 0 Å². The van der Waals surface area contributed by atoms with E-state index in [1.165, 1.54) is 11.0 Å². The van der Waals surface area contributed by atoms with Crippen molar-refractivity contribution >= 4 is 17.5 Å². The van der Waals surface area contributed by atoms with Gasteiger partial charge in [-0.25, -0.2) is 4.39 Å². The number of anilines is 1. The van der Waals surface area contributed by atoms with Crippen LogP contribution in [0.4, 0.5) is 10.1 Å². The van der Waals surface area contributed by atoms with Crippen molar-refractivity contribution in [3.8, 4) is 6.07 Å². The van der Waals surface area contributed by atoms with E-state index in [2.05, 4.69) is 5.32 Å². The predicted octanol–water partition coefficient (Wildman–Crippen LogP) is 2.43. The topological polar surface area (TPSA) is 73.2 Å². The van der Waals surface area contributed by atoms with Crippen molar-refractivity contribution in [3.63, 3.8) is 0 Å². The van der Waals surface area contributed by atoms with Gasteiger partial charge in [0.1, 0.15) is 11.9 Å². The third-order valence-corrected chi connectivity index (χ3v) is 4.13. The summed E-state index contributed by atoms with van der Waals surface area (Å²) in [4.78, 5) is 26.2. The van der Waals surface area contributed by atoms with Crippen molar-refractivity contribution in [1.29, 1.82) is 5.26 Å². The summed E-state index contributed by atoms with van der Waals surface area (Å²) in [6, 6.07) is 14.1. The number of rotatable bonds is 4. The lowest BCUT2D eigenvalue weighted by Crippen LogP contribution is -2.41. The average Bonchev–Trinajstić information content (AvgIpc) is 2.96. The second-order valence-electron chi connectivity index (χ2n) is 5.79. The highest BCUT2D eigenvalue weighted by atomic mass is 19.1. The Morgan fingerprint density at radius 2 is 2.08 bits per heavy atom. The van der Waals surface area contributed by atoms with Crippen LogP contribution >= 0.6 is 0 Å². The van der Waals surface area contributed by atoms with E-state index in [-0.39, 0.29) is 23.9 Å². The molecule has 1 N–H and O–H groups in total. The molecule has 0 radical (unpaired) electrons. The maximum Gasteiger partial charge on any atom is 0.251 e. The second-order valence-corrected chi connectivity index (χ2v) is 5.79. The highest BCUT2D eigenvalue weighted by molar-refractivity contribution is 6.04. The molecule has 1 heterocycles. The summed E-state index contributed by atoms with van der Waals surface area (Å²) in [5.41, 5.74) is 1.35. The Morgan fingerprint density at radius 3 is 2.84 bits per heavy atom. The van der Waals surface area contributed by atoms with Crippen molar-refractivity contribution in [2.45, 2.75) is 18.9 Å². The maximum atomic E-state index is 13.9. The van der Waals surface area contributed by atoms with Crippen LogP contribution in [0.2, 0.25) is 0 Å². The highest BCUT2D eigenvalue weighted by Gasteiger charge is 2.34. The van der Waals surface area contributed by atoms with Gasteiger partial charge in [0.15, 0.2) is 0 Å². The summed E-state index contributed by atoms with van der Waals surface area (Å²) in [7, 11) is 0. The number of halogens is 1.